The van der Waals surface area contributed by atoms with Crippen LogP contribution in [0.1, 0.15) is 21.5 Å². The molecule has 0 atom stereocenters. The van der Waals surface area contributed by atoms with E-state index in [2.05, 4.69) is 12.1 Å². The van der Waals surface area contributed by atoms with Gasteiger partial charge in [-0.15, -0.1) is 0 Å². The van der Waals surface area contributed by atoms with Crippen molar-refractivity contribution >= 4 is 46.0 Å². The van der Waals surface area contributed by atoms with Crippen LogP contribution in [0.4, 0.5) is 0 Å². The molecule has 1 aliphatic heterocycles. The van der Waals surface area contributed by atoms with E-state index in [0.717, 1.165) is 38.1 Å². The van der Waals surface area contributed by atoms with E-state index in [4.69, 9.17) is 16.3 Å². The van der Waals surface area contributed by atoms with Gasteiger partial charge in [0.25, 0.3) is 0 Å². The van der Waals surface area contributed by atoms with Crippen molar-refractivity contribution in [1.29, 1.82) is 0 Å². The number of allylic oxidation sites excluding steroid dienone is 1. The lowest BCUT2D eigenvalue weighted by Crippen LogP contribution is -1.99. The highest BCUT2D eigenvalue weighted by molar-refractivity contribution is 8.04. The van der Waals surface area contributed by atoms with Crippen LogP contribution in [0.15, 0.2) is 94.7 Å². The molecule has 0 saturated carbocycles. The molecule has 1 aliphatic rings. The molecule has 0 fully saturated rings. The SMILES string of the molecule is O=C1/C(=C/c2c(OCc3ccc(Cl)cc3)ccc3ccccc23)Sc2ccccc21. The summed E-state index contributed by atoms with van der Waals surface area (Å²) in [6.45, 7) is 0.424. The fourth-order valence-corrected chi connectivity index (χ4v) is 4.72. The van der Waals surface area contributed by atoms with Gasteiger partial charge in [-0.3, -0.25) is 4.79 Å². The smallest absolute Gasteiger partial charge is 0.200 e. The van der Waals surface area contributed by atoms with E-state index >= 15 is 0 Å². The number of hydrogen-bond donors (Lipinski definition) is 0. The minimum Gasteiger partial charge on any atom is -0.488 e. The molecule has 146 valence electrons. The molecule has 0 saturated heterocycles. The highest BCUT2D eigenvalue weighted by Gasteiger charge is 2.26. The quantitative estimate of drug-likeness (QED) is 0.317. The van der Waals surface area contributed by atoms with Crippen LogP contribution < -0.4 is 4.74 Å². The maximum absolute atomic E-state index is 12.9. The molecular formula is C26H17ClO2S. The number of fused-ring (bicyclic) bond motifs is 2. The van der Waals surface area contributed by atoms with E-state index in [9.17, 15) is 4.79 Å². The Bertz CT molecular complexity index is 1290. The lowest BCUT2D eigenvalue weighted by molar-refractivity contribution is 0.104. The monoisotopic (exact) mass is 428 g/mol. The summed E-state index contributed by atoms with van der Waals surface area (Å²) in [5.41, 5.74) is 2.72. The Labute approximate surface area is 184 Å². The van der Waals surface area contributed by atoms with Gasteiger partial charge in [0.15, 0.2) is 0 Å². The molecule has 0 aromatic heterocycles. The second kappa shape index (κ2) is 8.02. The average Bonchev–Trinajstić information content (AvgIpc) is 3.10. The highest BCUT2D eigenvalue weighted by atomic mass is 35.5. The van der Waals surface area contributed by atoms with Gasteiger partial charge in [0, 0.05) is 21.0 Å². The van der Waals surface area contributed by atoms with Gasteiger partial charge in [-0.1, -0.05) is 78.0 Å². The van der Waals surface area contributed by atoms with Crippen molar-refractivity contribution < 1.29 is 9.53 Å². The normalized spacial score (nSPS) is 14.3. The summed E-state index contributed by atoms with van der Waals surface area (Å²) in [6, 6.07) is 27.5. The molecule has 4 aromatic rings. The predicted octanol–water partition coefficient (Wildman–Crippen LogP) is 7.40. The molecule has 30 heavy (non-hydrogen) atoms. The molecule has 4 heteroatoms. The molecule has 0 bridgehead atoms. The van der Waals surface area contributed by atoms with E-state index in [0.29, 0.717) is 16.5 Å². The minimum absolute atomic E-state index is 0.0622. The van der Waals surface area contributed by atoms with E-state index < -0.39 is 0 Å². The fraction of sp³-hybridized carbons (Fsp3) is 0.0385. The summed E-state index contributed by atoms with van der Waals surface area (Å²) in [5.74, 6) is 0.813. The standard InChI is InChI=1S/C26H17ClO2S/c27-19-12-9-17(10-13-19)16-29-23-14-11-18-5-1-2-6-20(18)22(23)15-25-26(28)21-7-3-4-8-24(21)30-25/h1-15H,16H2/b25-15-. The van der Waals surface area contributed by atoms with Gasteiger partial charge >= 0.3 is 0 Å². The van der Waals surface area contributed by atoms with Crippen LogP contribution >= 0.6 is 23.4 Å². The summed E-state index contributed by atoms with van der Waals surface area (Å²) in [6.07, 6.45) is 1.96. The Balaban J connectivity index is 1.55. The van der Waals surface area contributed by atoms with Crippen LogP contribution in [0, 0.1) is 0 Å². The summed E-state index contributed by atoms with van der Waals surface area (Å²) < 4.78 is 6.19. The molecule has 5 rings (SSSR count). The third-order valence-corrected chi connectivity index (χ3v) is 6.44. The van der Waals surface area contributed by atoms with E-state index in [1.54, 1.807) is 0 Å². The van der Waals surface area contributed by atoms with Crippen LogP contribution in [0.5, 0.6) is 5.75 Å². The number of carbonyl (C=O) groups excluding carboxylic acids is 1. The number of benzene rings is 4. The first-order chi connectivity index (χ1) is 14.7. The Morgan fingerprint density at radius 2 is 1.63 bits per heavy atom. The predicted molar refractivity (Wildman–Crippen MR) is 124 cm³/mol. The molecule has 2 nitrogen and oxygen atoms in total. The van der Waals surface area contributed by atoms with Crippen molar-refractivity contribution in [3.05, 3.63) is 112 Å². The largest absolute Gasteiger partial charge is 0.488 e. The fourth-order valence-electron chi connectivity index (χ4n) is 3.56. The Hall–Kier alpha value is -3.01. The van der Waals surface area contributed by atoms with Gasteiger partial charge in [0.05, 0.1) is 4.91 Å². The van der Waals surface area contributed by atoms with E-state index in [1.807, 2.05) is 78.9 Å². The van der Waals surface area contributed by atoms with Crippen molar-refractivity contribution in [2.75, 3.05) is 0 Å². The number of rotatable bonds is 4. The summed E-state index contributed by atoms with van der Waals surface area (Å²) >= 11 is 7.50. The lowest BCUT2D eigenvalue weighted by atomic mass is 10.0. The molecule has 0 N–H and O–H groups in total. The van der Waals surface area contributed by atoms with Crippen molar-refractivity contribution in [3.63, 3.8) is 0 Å². The molecular weight excluding hydrogens is 412 g/mol. The van der Waals surface area contributed by atoms with Gasteiger partial charge in [0.1, 0.15) is 12.4 Å². The zero-order valence-electron chi connectivity index (χ0n) is 16.0. The second-order valence-corrected chi connectivity index (χ2v) is 8.57. The molecule has 4 aromatic carbocycles. The Morgan fingerprint density at radius 3 is 2.47 bits per heavy atom. The zero-order valence-corrected chi connectivity index (χ0v) is 17.5. The highest BCUT2D eigenvalue weighted by Crippen LogP contribution is 2.42. The zero-order chi connectivity index (χ0) is 20.5. The number of ether oxygens (including phenoxy) is 1. The summed E-state index contributed by atoms with van der Waals surface area (Å²) in [4.78, 5) is 14.6. The van der Waals surface area contributed by atoms with Crippen LogP contribution in [0.25, 0.3) is 16.8 Å². The van der Waals surface area contributed by atoms with Gasteiger partial charge in [-0.25, -0.2) is 0 Å². The Kier molecular flexibility index (Phi) is 5.07. The van der Waals surface area contributed by atoms with Crippen molar-refractivity contribution in [3.8, 4) is 5.75 Å². The third-order valence-electron chi connectivity index (χ3n) is 5.09. The molecule has 0 unspecified atom stereocenters. The molecule has 0 radical (unpaired) electrons. The van der Waals surface area contributed by atoms with Crippen LogP contribution in [0.2, 0.25) is 5.02 Å². The van der Waals surface area contributed by atoms with Crippen molar-refractivity contribution in [1.82, 2.24) is 0 Å². The van der Waals surface area contributed by atoms with E-state index in [-0.39, 0.29) is 5.78 Å². The number of carbonyl (C=O) groups is 1. The first-order valence-electron chi connectivity index (χ1n) is 9.61. The number of thioether (sulfide) groups is 1. The van der Waals surface area contributed by atoms with Crippen LogP contribution in [-0.4, -0.2) is 5.78 Å². The van der Waals surface area contributed by atoms with Crippen molar-refractivity contribution in [2.45, 2.75) is 11.5 Å². The van der Waals surface area contributed by atoms with Crippen LogP contribution in [-0.2, 0) is 6.61 Å². The number of ketones is 1. The average molecular weight is 429 g/mol. The summed E-state index contributed by atoms with van der Waals surface area (Å²) in [7, 11) is 0. The van der Waals surface area contributed by atoms with Gasteiger partial charge in [-0.05, 0) is 52.7 Å². The topological polar surface area (TPSA) is 26.3 Å². The van der Waals surface area contributed by atoms with Gasteiger partial charge in [-0.2, -0.15) is 0 Å². The molecule has 1 heterocycles. The Morgan fingerprint density at radius 1 is 0.867 bits per heavy atom. The minimum atomic E-state index is 0.0622. The van der Waals surface area contributed by atoms with Crippen LogP contribution in [0.3, 0.4) is 0 Å². The van der Waals surface area contributed by atoms with Gasteiger partial charge < -0.3 is 4.74 Å². The van der Waals surface area contributed by atoms with Gasteiger partial charge in [0.2, 0.25) is 5.78 Å². The first kappa shape index (κ1) is 19.0. The number of Topliss-reactive ketones (excluding diaryl/α,β-unsaturated/α-hetero) is 1. The second-order valence-electron chi connectivity index (χ2n) is 7.05. The molecule has 0 aliphatic carbocycles. The number of hydrogen-bond acceptors (Lipinski definition) is 3. The van der Waals surface area contributed by atoms with E-state index in [1.165, 1.54) is 11.8 Å². The number of halogens is 1. The lowest BCUT2D eigenvalue weighted by Gasteiger charge is -2.13. The first-order valence-corrected chi connectivity index (χ1v) is 10.8. The maximum atomic E-state index is 12.9. The van der Waals surface area contributed by atoms with Crippen molar-refractivity contribution in [2.24, 2.45) is 0 Å². The molecule has 0 spiro atoms. The maximum Gasteiger partial charge on any atom is 0.200 e. The third kappa shape index (κ3) is 3.62. The molecule has 0 amide bonds. The summed E-state index contributed by atoms with van der Waals surface area (Å²) in [5, 5.41) is 2.87.